The van der Waals surface area contributed by atoms with Gasteiger partial charge < -0.3 is 20.2 Å². The van der Waals surface area contributed by atoms with Crippen molar-refractivity contribution in [2.24, 2.45) is 0 Å². The van der Waals surface area contributed by atoms with Crippen LogP contribution in [0.2, 0.25) is 0 Å². The van der Waals surface area contributed by atoms with Crippen molar-refractivity contribution in [2.75, 3.05) is 31.6 Å². The Kier molecular flexibility index (Phi) is 4.64. The fraction of sp³-hybridized carbons (Fsp3) is 0.588. The van der Waals surface area contributed by atoms with E-state index in [4.69, 9.17) is 0 Å². The summed E-state index contributed by atoms with van der Waals surface area (Å²) in [5, 5.41) is 12.7. The zero-order chi connectivity index (χ0) is 15.5. The van der Waals surface area contributed by atoms with Gasteiger partial charge in [-0.05, 0) is 31.4 Å². The third kappa shape index (κ3) is 3.25. The molecule has 120 valence electrons. The molecule has 0 saturated carbocycles. The van der Waals surface area contributed by atoms with Crippen LogP contribution in [0.1, 0.15) is 19.3 Å². The second-order valence-corrected chi connectivity index (χ2v) is 6.38. The smallest absolute Gasteiger partial charge is 0.239 e. The molecule has 0 aromatic heterocycles. The molecule has 2 fully saturated rings. The third-order valence-corrected chi connectivity index (χ3v) is 4.82. The van der Waals surface area contributed by atoms with Crippen LogP contribution in [0.5, 0.6) is 0 Å². The molecule has 22 heavy (non-hydrogen) atoms. The maximum Gasteiger partial charge on any atom is 0.239 e. The number of carbonyl (C=O) groups is 1. The van der Waals surface area contributed by atoms with Gasteiger partial charge in [0, 0.05) is 38.4 Å². The highest BCUT2D eigenvalue weighted by Gasteiger charge is 2.34. The zero-order valence-electron chi connectivity index (χ0n) is 13.1. The van der Waals surface area contributed by atoms with Crippen molar-refractivity contribution in [3.05, 3.63) is 30.3 Å². The van der Waals surface area contributed by atoms with Crippen molar-refractivity contribution < 1.29 is 9.90 Å². The lowest BCUT2D eigenvalue weighted by molar-refractivity contribution is -0.134. The number of aliphatic hydroxyl groups excluding tert-OH is 1. The standard InChI is InChI=1S/C17H25N3O2/c1-19(17(22)16-10-15(21)11-18-16)14-8-5-9-20(12-14)13-6-3-2-4-7-13/h2-4,6-7,14-16,18,21H,5,8-12H2,1H3. The molecule has 2 N–H and O–H groups in total. The third-order valence-electron chi connectivity index (χ3n) is 4.82. The number of amides is 1. The Bertz CT molecular complexity index is 508. The molecule has 1 amide bonds. The van der Waals surface area contributed by atoms with Crippen LogP contribution in [-0.4, -0.2) is 60.8 Å². The van der Waals surface area contributed by atoms with Gasteiger partial charge in [0.25, 0.3) is 0 Å². The Balaban J connectivity index is 1.63. The Morgan fingerprint density at radius 2 is 2.14 bits per heavy atom. The number of aliphatic hydroxyl groups is 1. The van der Waals surface area contributed by atoms with Crippen LogP contribution >= 0.6 is 0 Å². The second-order valence-electron chi connectivity index (χ2n) is 6.38. The van der Waals surface area contributed by atoms with E-state index in [0.717, 1.165) is 25.9 Å². The highest BCUT2D eigenvalue weighted by atomic mass is 16.3. The molecular formula is C17H25N3O2. The summed E-state index contributed by atoms with van der Waals surface area (Å²) in [4.78, 5) is 16.8. The highest BCUT2D eigenvalue weighted by Crippen LogP contribution is 2.22. The van der Waals surface area contributed by atoms with Crippen LogP contribution in [0.15, 0.2) is 30.3 Å². The maximum absolute atomic E-state index is 12.6. The summed E-state index contributed by atoms with van der Waals surface area (Å²) in [6.07, 6.45) is 2.27. The number of rotatable bonds is 3. The van der Waals surface area contributed by atoms with E-state index in [9.17, 15) is 9.90 Å². The lowest BCUT2D eigenvalue weighted by Crippen LogP contribution is -2.52. The normalized spacial score (nSPS) is 28.6. The first-order chi connectivity index (χ1) is 10.6. The van der Waals surface area contributed by atoms with E-state index in [1.54, 1.807) is 0 Å². The van der Waals surface area contributed by atoms with Crippen LogP contribution in [0.4, 0.5) is 5.69 Å². The van der Waals surface area contributed by atoms with Crippen molar-refractivity contribution in [3.8, 4) is 0 Å². The van der Waals surface area contributed by atoms with Crippen LogP contribution in [0, 0.1) is 0 Å². The van der Waals surface area contributed by atoms with Gasteiger partial charge in [-0.1, -0.05) is 18.2 Å². The van der Waals surface area contributed by atoms with Gasteiger partial charge in [0.05, 0.1) is 12.1 Å². The van der Waals surface area contributed by atoms with Gasteiger partial charge in [-0.3, -0.25) is 4.79 Å². The SMILES string of the molecule is CN(C(=O)C1CC(O)CN1)C1CCCN(c2ccccc2)C1. The molecule has 0 spiro atoms. The summed E-state index contributed by atoms with van der Waals surface area (Å²) in [5.74, 6) is 0.108. The first-order valence-corrected chi connectivity index (χ1v) is 8.13. The van der Waals surface area contributed by atoms with Crippen LogP contribution in [-0.2, 0) is 4.79 Å². The summed E-state index contributed by atoms with van der Waals surface area (Å²) in [5.41, 5.74) is 1.22. The Hall–Kier alpha value is -1.59. The minimum Gasteiger partial charge on any atom is -0.392 e. The van der Waals surface area contributed by atoms with E-state index in [-0.39, 0.29) is 18.0 Å². The molecule has 1 aromatic carbocycles. The highest BCUT2D eigenvalue weighted by molar-refractivity contribution is 5.82. The van der Waals surface area contributed by atoms with Crippen LogP contribution in [0.3, 0.4) is 0 Å². The first kappa shape index (κ1) is 15.3. The number of nitrogens with zero attached hydrogens (tertiary/aromatic N) is 2. The predicted octanol–water partition coefficient (Wildman–Crippen LogP) is 0.837. The summed E-state index contributed by atoms with van der Waals surface area (Å²) < 4.78 is 0. The van der Waals surface area contributed by atoms with Gasteiger partial charge in [0.2, 0.25) is 5.91 Å². The molecular weight excluding hydrogens is 278 g/mol. The lowest BCUT2D eigenvalue weighted by Gasteiger charge is -2.39. The van der Waals surface area contributed by atoms with E-state index in [1.807, 2.05) is 18.0 Å². The number of para-hydroxylation sites is 1. The molecule has 3 unspecified atom stereocenters. The number of likely N-dealkylation sites (N-methyl/N-ethyl adjacent to an activating group) is 1. The molecule has 2 aliphatic heterocycles. The topological polar surface area (TPSA) is 55.8 Å². The van der Waals surface area contributed by atoms with E-state index < -0.39 is 6.10 Å². The van der Waals surface area contributed by atoms with Crippen LogP contribution in [0.25, 0.3) is 0 Å². The predicted molar refractivity (Wildman–Crippen MR) is 86.9 cm³/mol. The zero-order valence-corrected chi connectivity index (χ0v) is 13.1. The van der Waals surface area contributed by atoms with Crippen molar-refractivity contribution >= 4 is 11.6 Å². The molecule has 0 aliphatic carbocycles. The number of hydrogen-bond acceptors (Lipinski definition) is 4. The molecule has 0 bridgehead atoms. The van der Waals surface area contributed by atoms with E-state index in [2.05, 4.69) is 34.5 Å². The first-order valence-electron chi connectivity index (χ1n) is 8.13. The number of hydrogen-bond donors (Lipinski definition) is 2. The van der Waals surface area contributed by atoms with Gasteiger partial charge in [0.1, 0.15) is 0 Å². The van der Waals surface area contributed by atoms with E-state index in [0.29, 0.717) is 13.0 Å². The summed E-state index contributed by atoms with van der Waals surface area (Å²) in [6.45, 7) is 2.44. The quantitative estimate of drug-likeness (QED) is 0.869. The number of β-amino-alcohol motifs (C(OH)–C–C–N with tert-alkyl or cyclic N) is 1. The van der Waals surface area contributed by atoms with Gasteiger partial charge >= 0.3 is 0 Å². The van der Waals surface area contributed by atoms with Gasteiger partial charge in [-0.2, -0.15) is 0 Å². The number of carbonyl (C=O) groups excluding carboxylic acids is 1. The lowest BCUT2D eigenvalue weighted by atomic mass is 10.0. The minimum absolute atomic E-state index is 0.108. The Morgan fingerprint density at radius 1 is 1.36 bits per heavy atom. The fourth-order valence-corrected chi connectivity index (χ4v) is 3.48. The maximum atomic E-state index is 12.6. The summed E-state index contributed by atoms with van der Waals surface area (Å²) >= 11 is 0. The largest absolute Gasteiger partial charge is 0.392 e. The monoisotopic (exact) mass is 303 g/mol. The summed E-state index contributed by atoms with van der Waals surface area (Å²) in [6, 6.07) is 10.4. The van der Waals surface area contributed by atoms with E-state index >= 15 is 0 Å². The molecule has 3 atom stereocenters. The molecule has 2 saturated heterocycles. The minimum atomic E-state index is -0.394. The average Bonchev–Trinajstić information content (AvgIpc) is 3.01. The molecule has 2 aliphatic rings. The van der Waals surface area contributed by atoms with E-state index in [1.165, 1.54) is 5.69 Å². The molecule has 3 rings (SSSR count). The number of nitrogens with one attached hydrogen (secondary N) is 1. The molecule has 5 heteroatoms. The van der Waals surface area contributed by atoms with Crippen molar-refractivity contribution in [3.63, 3.8) is 0 Å². The fourth-order valence-electron chi connectivity index (χ4n) is 3.48. The molecule has 5 nitrogen and oxygen atoms in total. The van der Waals surface area contributed by atoms with Crippen LogP contribution < -0.4 is 10.2 Å². The molecule has 1 aromatic rings. The number of benzene rings is 1. The average molecular weight is 303 g/mol. The van der Waals surface area contributed by atoms with Crippen molar-refractivity contribution in [2.45, 2.75) is 37.5 Å². The van der Waals surface area contributed by atoms with Crippen molar-refractivity contribution in [1.29, 1.82) is 0 Å². The van der Waals surface area contributed by atoms with Gasteiger partial charge in [0.15, 0.2) is 0 Å². The Morgan fingerprint density at radius 3 is 2.82 bits per heavy atom. The van der Waals surface area contributed by atoms with Gasteiger partial charge in [-0.15, -0.1) is 0 Å². The van der Waals surface area contributed by atoms with Crippen molar-refractivity contribution in [1.82, 2.24) is 10.2 Å². The molecule has 2 heterocycles. The summed E-state index contributed by atoms with van der Waals surface area (Å²) in [7, 11) is 1.90. The molecule has 0 radical (unpaired) electrons. The second kappa shape index (κ2) is 6.67. The van der Waals surface area contributed by atoms with Gasteiger partial charge in [-0.25, -0.2) is 0 Å². The Labute approximate surface area is 131 Å². The number of piperidine rings is 1. The number of anilines is 1.